The number of carbonyl (C=O) groups excluding carboxylic acids is 1. The maximum atomic E-state index is 11.9. The van der Waals surface area contributed by atoms with E-state index in [1.807, 2.05) is 50.4 Å². The van der Waals surface area contributed by atoms with Crippen LogP contribution < -0.4 is 15.5 Å². The van der Waals surface area contributed by atoms with E-state index in [1.54, 1.807) is 0 Å². The molecule has 0 bridgehead atoms. The van der Waals surface area contributed by atoms with Gasteiger partial charge in [-0.3, -0.25) is 9.78 Å². The number of carbonyl (C=O) groups is 1. The highest BCUT2D eigenvalue weighted by Gasteiger charge is 2.41. The molecule has 2 N–H and O–H groups in total. The summed E-state index contributed by atoms with van der Waals surface area (Å²) in [5.41, 5.74) is 4.91. The second-order valence-corrected chi connectivity index (χ2v) is 8.77. The van der Waals surface area contributed by atoms with Crippen LogP contribution in [0.3, 0.4) is 0 Å². The minimum absolute atomic E-state index is 0.00216. The minimum Gasteiger partial charge on any atom is -0.351 e. The molecule has 3 heterocycles. The summed E-state index contributed by atoms with van der Waals surface area (Å²) in [5.74, 6) is 0.00216. The molecule has 1 aromatic carbocycles. The van der Waals surface area contributed by atoms with Crippen molar-refractivity contribution in [3.63, 3.8) is 0 Å². The van der Waals surface area contributed by atoms with Gasteiger partial charge in [0.25, 0.3) is 0 Å². The Morgan fingerprint density at radius 3 is 2.69 bits per heavy atom. The monoisotopic (exact) mass is 447 g/mol. The Kier molecular flexibility index (Phi) is 6.28. The first-order valence-electron chi connectivity index (χ1n) is 11.0. The number of aryl methyl sites for hydroxylation is 1. The van der Waals surface area contributed by atoms with Crippen LogP contribution in [0.4, 0.5) is 11.4 Å². The quantitative estimate of drug-likeness (QED) is 0.502. The van der Waals surface area contributed by atoms with E-state index in [1.165, 1.54) is 5.56 Å². The lowest BCUT2D eigenvalue weighted by atomic mass is 9.98. The molecule has 166 valence electrons. The zero-order chi connectivity index (χ0) is 22.8. The summed E-state index contributed by atoms with van der Waals surface area (Å²) < 4.78 is 2.21. The lowest BCUT2D eigenvalue weighted by Crippen LogP contribution is -2.29. The molecule has 6 nitrogen and oxygen atoms in total. The van der Waals surface area contributed by atoms with E-state index in [0.29, 0.717) is 17.6 Å². The summed E-state index contributed by atoms with van der Waals surface area (Å²) in [4.78, 5) is 18.6. The van der Waals surface area contributed by atoms with E-state index < -0.39 is 0 Å². The zero-order valence-electron chi connectivity index (χ0n) is 18.9. The van der Waals surface area contributed by atoms with Crippen molar-refractivity contribution in [1.82, 2.24) is 14.9 Å². The molecular weight excluding hydrogens is 418 g/mol. The summed E-state index contributed by atoms with van der Waals surface area (Å²) in [6.07, 6.45) is 6.57. The third-order valence-corrected chi connectivity index (χ3v) is 6.17. The van der Waals surface area contributed by atoms with Crippen molar-refractivity contribution in [2.24, 2.45) is 0 Å². The molecule has 1 saturated heterocycles. The number of rotatable bonds is 6. The molecule has 1 fully saturated rings. The molecule has 4 rings (SSSR count). The fraction of sp³-hybridized carbons (Fsp3) is 0.320. The first-order chi connectivity index (χ1) is 15.4. The summed E-state index contributed by atoms with van der Waals surface area (Å²) >= 11 is 5.81. The van der Waals surface area contributed by atoms with Gasteiger partial charge in [-0.2, -0.15) is 0 Å². The van der Waals surface area contributed by atoms with E-state index in [4.69, 9.17) is 12.2 Å². The Morgan fingerprint density at radius 1 is 1.25 bits per heavy atom. The van der Waals surface area contributed by atoms with Gasteiger partial charge in [0, 0.05) is 42.4 Å². The zero-order valence-corrected chi connectivity index (χ0v) is 19.7. The molecule has 2 atom stereocenters. The summed E-state index contributed by atoms with van der Waals surface area (Å²) in [6, 6.07) is 14.4. The molecule has 0 saturated carbocycles. The largest absolute Gasteiger partial charge is 0.351 e. The van der Waals surface area contributed by atoms with Crippen LogP contribution in [0, 0.1) is 6.92 Å². The van der Waals surface area contributed by atoms with Gasteiger partial charge >= 0.3 is 0 Å². The molecule has 7 heteroatoms. The van der Waals surface area contributed by atoms with Crippen LogP contribution in [-0.4, -0.2) is 20.6 Å². The molecule has 2 aromatic heterocycles. The third-order valence-electron chi connectivity index (χ3n) is 5.86. The summed E-state index contributed by atoms with van der Waals surface area (Å²) in [6.45, 7) is 8.19. The van der Waals surface area contributed by atoms with Crippen LogP contribution in [0.2, 0.25) is 0 Å². The van der Waals surface area contributed by atoms with E-state index in [0.717, 1.165) is 22.6 Å². The minimum atomic E-state index is -0.0773. The van der Waals surface area contributed by atoms with Gasteiger partial charge < -0.3 is 20.1 Å². The highest BCUT2D eigenvalue weighted by molar-refractivity contribution is 7.80. The van der Waals surface area contributed by atoms with Gasteiger partial charge in [-0.15, -0.1) is 0 Å². The standard InChI is InChI=1S/C25H29N5OS/c1-5-22(31)27-20-10-9-19(14-17(20)4)30-24(18-11-13-29(15-18)16(2)3)23(28-25(30)32)21-8-6-7-12-26-21/h6-16,23-24H,5H2,1-4H3,(H,27,31)(H,28,32)/t23-,24+/m1/s1. The van der Waals surface area contributed by atoms with E-state index in [9.17, 15) is 4.79 Å². The molecule has 0 aliphatic carbocycles. The number of aromatic nitrogens is 2. The number of benzene rings is 1. The predicted molar refractivity (Wildman–Crippen MR) is 133 cm³/mol. The lowest BCUT2D eigenvalue weighted by Gasteiger charge is -2.28. The summed E-state index contributed by atoms with van der Waals surface area (Å²) in [5, 5.41) is 7.12. The van der Waals surface area contributed by atoms with Gasteiger partial charge in [0.1, 0.15) is 0 Å². The van der Waals surface area contributed by atoms with Crippen molar-refractivity contribution >= 4 is 34.6 Å². The second-order valence-electron chi connectivity index (χ2n) is 8.38. The van der Waals surface area contributed by atoms with Crippen LogP contribution in [0.15, 0.2) is 61.1 Å². The van der Waals surface area contributed by atoms with Crippen LogP contribution in [0.1, 0.15) is 62.1 Å². The normalized spacial score (nSPS) is 18.2. The highest BCUT2D eigenvalue weighted by Crippen LogP contribution is 2.42. The molecule has 1 aliphatic heterocycles. The van der Waals surface area contributed by atoms with E-state index in [-0.39, 0.29) is 18.0 Å². The Balaban J connectivity index is 1.76. The number of amides is 1. The molecule has 32 heavy (non-hydrogen) atoms. The van der Waals surface area contributed by atoms with E-state index >= 15 is 0 Å². The van der Waals surface area contributed by atoms with Crippen molar-refractivity contribution < 1.29 is 4.79 Å². The van der Waals surface area contributed by atoms with E-state index in [2.05, 4.69) is 63.5 Å². The number of nitrogens with zero attached hydrogens (tertiary/aromatic N) is 3. The molecule has 1 amide bonds. The van der Waals surface area contributed by atoms with Crippen molar-refractivity contribution in [3.8, 4) is 0 Å². The van der Waals surface area contributed by atoms with Crippen molar-refractivity contribution in [2.45, 2.75) is 52.2 Å². The van der Waals surface area contributed by atoms with Crippen LogP contribution >= 0.6 is 12.2 Å². The smallest absolute Gasteiger partial charge is 0.224 e. The average molecular weight is 448 g/mol. The average Bonchev–Trinajstić information content (AvgIpc) is 3.40. The highest BCUT2D eigenvalue weighted by atomic mass is 32.1. The fourth-order valence-corrected chi connectivity index (χ4v) is 4.42. The Hall–Kier alpha value is -3.19. The first kappa shape index (κ1) is 22.0. The molecule has 3 aromatic rings. The maximum absolute atomic E-state index is 11.9. The Morgan fingerprint density at radius 2 is 2.06 bits per heavy atom. The molecule has 0 unspecified atom stereocenters. The lowest BCUT2D eigenvalue weighted by molar-refractivity contribution is -0.115. The van der Waals surface area contributed by atoms with Gasteiger partial charge in [0.05, 0.1) is 17.8 Å². The Labute approximate surface area is 194 Å². The molecule has 1 aliphatic rings. The molecular formula is C25H29N5OS. The first-order valence-corrected chi connectivity index (χ1v) is 11.4. The number of thiocarbonyl (C=S) groups is 1. The third kappa shape index (κ3) is 4.25. The van der Waals surface area contributed by atoms with Crippen molar-refractivity contribution in [1.29, 1.82) is 0 Å². The number of pyridine rings is 1. The summed E-state index contributed by atoms with van der Waals surface area (Å²) in [7, 11) is 0. The second kappa shape index (κ2) is 9.12. The maximum Gasteiger partial charge on any atom is 0.224 e. The Bertz CT molecular complexity index is 1120. The predicted octanol–water partition coefficient (Wildman–Crippen LogP) is 5.30. The van der Waals surface area contributed by atoms with Crippen molar-refractivity contribution in [2.75, 3.05) is 10.2 Å². The van der Waals surface area contributed by atoms with Gasteiger partial charge in [-0.1, -0.05) is 13.0 Å². The van der Waals surface area contributed by atoms with Gasteiger partial charge in [-0.25, -0.2) is 0 Å². The van der Waals surface area contributed by atoms with Crippen LogP contribution in [-0.2, 0) is 4.79 Å². The number of hydrogen-bond acceptors (Lipinski definition) is 3. The van der Waals surface area contributed by atoms with Crippen molar-refractivity contribution in [3.05, 3.63) is 77.9 Å². The molecule has 0 radical (unpaired) electrons. The number of nitrogens with one attached hydrogen (secondary N) is 2. The molecule has 0 spiro atoms. The van der Waals surface area contributed by atoms with Crippen LogP contribution in [0.25, 0.3) is 0 Å². The number of anilines is 2. The topological polar surface area (TPSA) is 62.2 Å². The number of hydrogen-bond donors (Lipinski definition) is 2. The SMILES string of the molecule is CCC(=O)Nc1ccc(N2C(=S)N[C@H](c3ccccn3)[C@@H]2c2ccn(C(C)C)c2)cc1C. The van der Waals surface area contributed by atoms with Gasteiger partial charge in [-0.05, 0) is 80.5 Å². The van der Waals surface area contributed by atoms with Crippen LogP contribution in [0.5, 0.6) is 0 Å². The fourth-order valence-electron chi connectivity index (χ4n) is 4.07. The van der Waals surface area contributed by atoms with Gasteiger partial charge in [0.15, 0.2) is 5.11 Å². The van der Waals surface area contributed by atoms with Gasteiger partial charge in [0.2, 0.25) is 5.91 Å².